The van der Waals surface area contributed by atoms with Gasteiger partial charge >= 0.3 is 0 Å². The fourth-order valence-corrected chi connectivity index (χ4v) is 3.58. The molecule has 0 saturated heterocycles. The third kappa shape index (κ3) is 3.40. The van der Waals surface area contributed by atoms with Crippen LogP contribution < -0.4 is 10.5 Å². The summed E-state index contributed by atoms with van der Waals surface area (Å²) < 4.78 is 23.0. The van der Waals surface area contributed by atoms with E-state index in [2.05, 4.69) is 20.3 Å². The number of nitrogens with two attached hydrogens (primary N) is 1. The average Bonchev–Trinajstić information content (AvgIpc) is 3.03. The molecule has 0 aliphatic rings. The molecular formula is C19H17N5O2S. The van der Waals surface area contributed by atoms with Crippen molar-refractivity contribution in [3.05, 3.63) is 66.5 Å². The lowest BCUT2D eigenvalue weighted by atomic mass is 10.0. The van der Waals surface area contributed by atoms with Crippen LogP contribution in [0.1, 0.15) is 5.56 Å². The molecule has 0 fully saturated rings. The molecule has 136 valence electrons. The molecule has 2 aromatic carbocycles. The second kappa shape index (κ2) is 6.49. The predicted molar refractivity (Wildman–Crippen MR) is 105 cm³/mol. The molecule has 0 bridgehead atoms. The van der Waals surface area contributed by atoms with Gasteiger partial charge in [-0.3, -0.25) is 0 Å². The lowest BCUT2D eigenvalue weighted by molar-refractivity contribution is 0.598. The van der Waals surface area contributed by atoms with Gasteiger partial charge in [0.2, 0.25) is 16.0 Å². The lowest BCUT2D eigenvalue weighted by Crippen LogP contribution is -2.12. The summed E-state index contributed by atoms with van der Waals surface area (Å²) in [7, 11) is -3.78. The van der Waals surface area contributed by atoms with Gasteiger partial charge in [-0.2, -0.15) is 0 Å². The van der Waals surface area contributed by atoms with Gasteiger partial charge in [0.1, 0.15) is 0 Å². The van der Waals surface area contributed by atoms with E-state index >= 15 is 0 Å². The molecule has 0 atom stereocenters. The van der Waals surface area contributed by atoms with Crippen LogP contribution in [0.15, 0.2) is 65.8 Å². The molecule has 4 N–H and O–H groups in total. The van der Waals surface area contributed by atoms with Crippen molar-refractivity contribution in [3.63, 3.8) is 0 Å². The molecule has 4 aromatic rings. The maximum absolute atomic E-state index is 11.5. The van der Waals surface area contributed by atoms with Crippen molar-refractivity contribution in [2.45, 2.75) is 11.8 Å². The summed E-state index contributed by atoms with van der Waals surface area (Å²) in [6.45, 7) is 2.04. The number of aryl methyl sites for hydroxylation is 1. The first-order valence-electron chi connectivity index (χ1n) is 8.22. The first-order valence-corrected chi connectivity index (χ1v) is 9.76. The summed E-state index contributed by atoms with van der Waals surface area (Å²) in [4.78, 5) is 12.1. The fourth-order valence-electron chi connectivity index (χ4n) is 3.02. The van der Waals surface area contributed by atoms with Crippen LogP contribution in [0.3, 0.4) is 0 Å². The second-order valence-electron chi connectivity index (χ2n) is 6.16. The van der Waals surface area contributed by atoms with Crippen LogP contribution in [0.5, 0.6) is 0 Å². The van der Waals surface area contributed by atoms with Crippen LogP contribution >= 0.6 is 0 Å². The van der Waals surface area contributed by atoms with Gasteiger partial charge in [0, 0.05) is 34.5 Å². The number of rotatable bonds is 4. The van der Waals surface area contributed by atoms with Gasteiger partial charge in [-0.05, 0) is 42.8 Å². The van der Waals surface area contributed by atoms with Crippen LogP contribution in [0, 0.1) is 6.92 Å². The molecule has 27 heavy (non-hydrogen) atoms. The van der Waals surface area contributed by atoms with Crippen LogP contribution in [-0.4, -0.2) is 23.4 Å². The number of benzene rings is 2. The van der Waals surface area contributed by atoms with Gasteiger partial charge in [-0.25, -0.2) is 23.5 Å². The van der Waals surface area contributed by atoms with E-state index < -0.39 is 10.0 Å². The molecule has 0 unspecified atom stereocenters. The van der Waals surface area contributed by atoms with E-state index in [1.807, 2.05) is 37.4 Å². The minimum Gasteiger partial charge on any atom is -0.361 e. The molecule has 0 saturated carbocycles. The number of nitrogens with zero attached hydrogens (tertiary/aromatic N) is 2. The molecular weight excluding hydrogens is 362 g/mol. The number of hydrogen-bond acceptors (Lipinski definition) is 5. The third-order valence-corrected chi connectivity index (χ3v) is 5.16. The minimum absolute atomic E-state index is 0.0244. The first-order chi connectivity index (χ1) is 12.9. The molecule has 4 rings (SSSR count). The summed E-state index contributed by atoms with van der Waals surface area (Å²) >= 11 is 0. The highest BCUT2D eigenvalue weighted by Crippen LogP contribution is 2.30. The van der Waals surface area contributed by atoms with Gasteiger partial charge in [0.05, 0.1) is 10.6 Å². The summed E-state index contributed by atoms with van der Waals surface area (Å²) in [5.41, 5.74) is 4.47. The van der Waals surface area contributed by atoms with Crippen LogP contribution in [0.4, 0.5) is 11.6 Å². The van der Waals surface area contributed by atoms with Gasteiger partial charge < -0.3 is 10.3 Å². The van der Waals surface area contributed by atoms with Gasteiger partial charge in [-0.1, -0.05) is 18.2 Å². The van der Waals surface area contributed by atoms with Crippen molar-refractivity contribution in [3.8, 4) is 11.3 Å². The highest BCUT2D eigenvalue weighted by Gasteiger charge is 2.11. The van der Waals surface area contributed by atoms with E-state index in [9.17, 15) is 8.42 Å². The van der Waals surface area contributed by atoms with Crippen molar-refractivity contribution in [2.24, 2.45) is 5.14 Å². The van der Waals surface area contributed by atoms with Gasteiger partial charge in [-0.15, -0.1) is 0 Å². The SMILES string of the molecule is Cc1c[nH]c2cccc(-c3ccnc(Nc4cccc(S(N)(=O)=O)c4)n3)c12. The monoisotopic (exact) mass is 379 g/mol. The second-order valence-corrected chi connectivity index (χ2v) is 7.72. The minimum atomic E-state index is -3.78. The Labute approximate surface area is 156 Å². The van der Waals surface area contributed by atoms with E-state index in [-0.39, 0.29) is 4.90 Å². The van der Waals surface area contributed by atoms with Crippen molar-refractivity contribution in [1.29, 1.82) is 0 Å². The molecule has 8 heteroatoms. The Bertz CT molecular complexity index is 1250. The molecule has 0 amide bonds. The maximum atomic E-state index is 11.5. The number of sulfonamides is 1. The Balaban J connectivity index is 1.72. The number of primary sulfonamides is 1. The largest absolute Gasteiger partial charge is 0.361 e. The Morgan fingerprint density at radius 1 is 1.11 bits per heavy atom. The van der Waals surface area contributed by atoms with Crippen LogP contribution in [0.2, 0.25) is 0 Å². The summed E-state index contributed by atoms with van der Waals surface area (Å²) in [5.74, 6) is 0.365. The molecule has 2 heterocycles. The number of aromatic amines is 1. The topological polar surface area (TPSA) is 114 Å². The number of anilines is 2. The zero-order valence-corrected chi connectivity index (χ0v) is 15.3. The molecule has 0 aliphatic carbocycles. The number of fused-ring (bicyclic) bond motifs is 1. The van der Waals surface area contributed by atoms with E-state index in [0.29, 0.717) is 11.6 Å². The van der Waals surface area contributed by atoms with Gasteiger partial charge in [0.25, 0.3) is 0 Å². The van der Waals surface area contributed by atoms with E-state index in [1.165, 1.54) is 12.1 Å². The highest BCUT2D eigenvalue weighted by atomic mass is 32.2. The molecule has 0 aliphatic heterocycles. The molecule has 2 aromatic heterocycles. The fraction of sp³-hybridized carbons (Fsp3) is 0.0526. The summed E-state index contributed by atoms with van der Waals surface area (Å²) in [6.07, 6.45) is 3.63. The Kier molecular flexibility index (Phi) is 4.14. The van der Waals surface area contributed by atoms with E-state index in [4.69, 9.17) is 5.14 Å². The zero-order chi connectivity index (χ0) is 19.0. The number of nitrogens with one attached hydrogen (secondary N) is 2. The first kappa shape index (κ1) is 17.2. The van der Waals surface area contributed by atoms with Crippen molar-refractivity contribution >= 4 is 32.6 Å². The smallest absolute Gasteiger partial charge is 0.238 e. The summed E-state index contributed by atoms with van der Waals surface area (Å²) in [5, 5.41) is 9.33. The number of aromatic nitrogens is 3. The molecule has 0 spiro atoms. The van der Waals surface area contributed by atoms with Crippen LogP contribution in [0.25, 0.3) is 22.2 Å². The predicted octanol–water partition coefficient (Wildman–Crippen LogP) is 3.32. The highest BCUT2D eigenvalue weighted by molar-refractivity contribution is 7.89. The van der Waals surface area contributed by atoms with Crippen molar-refractivity contribution < 1.29 is 8.42 Å². The maximum Gasteiger partial charge on any atom is 0.238 e. The Morgan fingerprint density at radius 2 is 1.93 bits per heavy atom. The standard InChI is InChI=1S/C19H17N5O2S/c1-12-11-22-17-7-3-6-15(18(12)17)16-8-9-21-19(24-16)23-13-4-2-5-14(10-13)27(20,25)26/h2-11,22H,1H3,(H2,20,25,26)(H,21,23,24). The zero-order valence-electron chi connectivity index (χ0n) is 14.5. The molecule has 0 radical (unpaired) electrons. The number of H-pyrrole nitrogens is 1. The molecule has 7 nitrogen and oxygen atoms in total. The lowest BCUT2D eigenvalue weighted by Gasteiger charge is -2.09. The van der Waals surface area contributed by atoms with Crippen LogP contribution in [-0.2, 0) is 10.0 Å². The number of hydrogen-bond donors (Lipinski definition) is 3. The van der Waals surface area contributed by atoms with Crippen molar-refractivity contribution in [1.82, 2.24) is 15.0 Å². The third-order valence-electron chi connectivity index (χ3n) is 4.25. The summed E-state index contributed by atoms with van der Waals surface area (Å²) in [6, 6.07) is 14.1. The average molecular weight is 379 g/mol. The van der Waals surface area contributed by atoms with Gasteiger partial charge in [0.15, 0.2) is 0 Å². The van der Waals surface area contributed by atoms with E-state index in [1.54, 1.807) is 18.3 Å². The Hall–Kier alpha value is -3.23. The van der Waals surface area contributed by atoms with E-state index in [0.717, 1.165) is 27.7 Å². The normalized spacial score (nSPS) is 11.6. The Morgan fingerprint density at radius 3 is 2.74 bits per heavy atom. The van der Waals surface area contributed by atoms with Crippen molar-refractivity contribution in [2.75, 3.05) is 5.32 Å². The quantitative estimate of drug-likeness (QED) is 0.503.